The van der Waals surface area contributed by atoms with E-state index in [2.05, 4.69) is 0 Å². The first kappa shape index (κ1) is 14.8. The molecule has 0 N–H and O–H groups in total. The van der Waals surface area contributed by atoms with E-state index in [1.54, 1.807) is 13.8 Å². The zero-order chi connectivity index (χ0) is 12.9. The van der Waals surface area contributed by atoms with E-state index in [-0.39, 0.29) is 18.8 Å². The average Bonchev–Trinajstić information content (AvgIpc) is 2.30. The maximum absolute atomic E-state index is 12.6. The fourth-order valence-corrected chi connectivity index (χ4v) is 4.00. The van der Waals surface area contributed by atoms with E-state index in [4.69, 9.17) is 9.05 Å². The normalized spacial score (nSPS) is 21.7. The summed E-state index contributed by atoms with van der Waals surface area (Å²) < 4.78 is 48.0. The minimum atomic E-state index is -3.28. The molecule has 1 rings (SSSR count). The zero-order valence-corrected chi connectivity index (χ0v) is 11.1. The van der Waals surface area contributed by atoms with Crippen LogP contribution in [-0.4, -0.2) is 25.3 Å². The van der Waals surface area contributed by atoms with E-state index in [1.807, 2.05) is 0 Å². The van der Waals surface area contributed by atoms with Crippen LogP contribution in [0.4, 0.5) is 8.78 Å². The summed E-state index contributed by atoms with van der Waals surface area (Å²) in [6, 6.07) is 0. The van der Waals surface area contributed by atoms with Crippen molar-refractivity contribution in [1.82, 2.24) is 0 Å². The third-order valence-electron chi connectivity index (χ3n) is 2.68. The molecular weight excluding hydrogens is 249 g/mol. The van der Waals surface area contributed by atoms with Crippen molar-refractivity contribution in [3.63, 3.8) is 0 Å². The van der Waals surface area contributed by atoms with Crippen LogP contribution in [0.2, 0.25) is 0 Å². The monoisotopic (exact) mass is 268 g/mol. The highest BCUT2D eigenvalue weighted by Crippen LogP contribution is 2.56. The van der Waals surface area contributed by atoms with Crippen LogP contribution in [0.15, 0.2) is 11.6 Å². The molecule has 1 aliphatic carbocycles. The minimum absolute atomic E-state index is 0.0564. The topological polar surface area (TPSA) is 35.5 Å². The number of allylic oxidation sites excluding steroid dienone is 2. The van der Waals surface area contributed by atoms with Gasteiger partial charge in [-0.2, -0.15) is 0 Å². The van der Waals surface area contributed by atoms with Crippen molar-refractivity contribution < 1.29 is 22.4 Å². The summed E-state index contributed by atoms with van der Waals surface area (Å²) in [4.78, 5) is 0. The van der Waals surface area contributed by atoms with Crippen LogP contribution in [0, 0.1) is 0 Å². The van der Waals surface area contributed by atoms with Crippen molar-refractivity contribution in [1.29, 1.82) is 0 Å². The molecule has 17 heavy (non-hydrogen) atoms. The lowest BCUT2D eigenvalue weighted by atomic mass is 10.00. The molecule has 3 nitrogen and oxygen atoms in total. The Hall–Kier alpha value is -0.250. The van der Waals surface area contributed by atoms with Crippen LogP contribution in [0.1, 0.15) is 33.1 Å². The Bertz CT molecular complexity index is 308. The first-order valence-electron chi connectivity index (χ1n) is 5.91. The SMILES string of the molecule is CCOP(=O)(OCC)C1C=C(C(F)F)CCC1. The molecule has 0 saturated carbocycles. The second-order valence-electron chi connectivity index (χ2n) is 3.88. The summed E-state index contributed by atoms with van der Waals surface area (Å²) in [5.41, 5.74) is -0.471. The van der Waals surface area contributed by atoms with Gasteiger partial charge in [0.15, 0.2) is 0 Å². The molecule has 1 unspecified atom stereocenters. The molecule has 0 spiro atoms. The smallest absolute Gasteiger partial charge is 0.308 e. The molecule has 0 aromatic carbocycles. The van der Waals surface area contributed by atoms with Gasteiger partial charge in [0, 0.05) is 0 Å². The van der Waals surface area contributed by atoms with Crippen LogP contribution in [0.3, 0.4) is 0 Å². The van der Waals surface area contributed by atoms with Gasteiger partial charge in [-0.1, -0.05) is 6.08 Å². The Kier molecular flexibility index (Phi) is 5.77. The molecule has 0 amide bonds. The summed E-state index contributed by atoms with van der Waals surface area (Å²) in [5.74, 6) is 0. The molecule has 0 saturated heterocycles. The van der Waals surface area contributed by atoms with Gasteiger partial charge in [-0.05, 0) is 38.7 Å². The molecule has 0 aromatic rings. The molecule has 0 heterocycles. The van der Waals surface area contributed by atoms with E-state index < -0.39 is 19.7 Å². The highest BCUT2D eigenvalue weighted by Gasteiger charge is 2.36. The van der Waals surface area contributed by atoms with Crippen molar-refractivity contribution in [2.75, 3.05) is 13.2 Å². The Morgan fingerprint density at radius 3 is 2.47 bits per heavy atom. The van der Waals surface area contributed by atoms with Gasteiger partial charge in [0.2, 0.25) is 0 Å². The van der Waals surface area contributed by atoms with Crippen molar-refractivity contribution >= 4 is 7.60 Å². The van der Waals surface area contributed by atoms with Crippen molar-refractivity contribution in [2.45, 2.75) is 45.2 Å². The Morgan fingerprint density at radius 1 is 1.41 bits per heavy atom. The van der Waals surface area contributed by atoms with Gasteiger partial charge in [-0.3, -0.25) is 4.57 Å². The lowest BCUT2D eigenvalue weighted by molar-refractivity contribution is 0.180. The van der Waals surface area contributed by atoms with E-state index >= 15 is 0 Å². The molecule has 0 aromatic heterocycles. The van der Waals surface area contributed by atoms with Gasteiger partial charge in [-0.25, -0.2) is 8.78 Å². The summed E-state index contributed by atoms with van der Waals surface area (Å²) in [7, 11) is -3.28. The predicted molar refractivity (Wildman–Crippen MR) is 62.6 cm³/mol. The van der Waals surface area contributed by atoms with Gasteiger partial charge in [0.05, 0.1) is 18.9 Å². The van der Waals surface area contributed by atoms with Crippen LogP contribution < -0.4 is 0 Å². The van der Waals surface area contributed by atoms with Gasteiger partial charge in [-0.15, -0.1) is 0 Å². The molecular formula is C11H19F2O3P. The van der Waals surface area contributed by atoms with Gasteiger partial charge < -0.3 is 9.05 Å². The van der Waals surface area contributed by atoms with Crippen molar-refractivity contribution in [3.05, 3.63) is 11.6 Å². The maximum Gasteiger partial charge on any atom is 0.337 e. The maximum atomic E-state index is 12.6. The predicted octanol–water partition coefficient (Wildman–Crippen LogP) is 4.00. The highest BCUT2D eigenvalue weighted by atomic mass is 31.2. The highest BCUT2D eigenvalue weighted by molar-refractivity contribution is 7.54. The van der Waals surface area contributed by atoms with Crippen LogP contribution in [0.25, 0.3) is 0 Å². The van der Waals surface area contributed by atoms with E-state index in [9.17, 15) is 13.3 Å². The molecule has 1 atom stereocenters. The van der Waals surface area contributed by atoms with Crippen molar-refractivity contribution in [3.8, 4) is 0 Å². The van der Waals surface area contributed by atoms with E-state index in [0.717, 1.165) is 0 Å². The Balaban J connectivity index is 2.87. The third-order valence-corrected chi connectivity index (χ3v) is 5.13. The lowest BCUT2D eigenvalue weighted by Crippen LogP contribution is -2.17. The van der Waals surface area contributed by atoms with Crippen molar-refractivity contribution in [2.24, 2.45) is 0 Å². The molecule has 0 radical (unpaired) electrons. The summed E-state index contributed by atoms with van der Waals surface area (Å²) >= 11 is 0. The lowest BCUT2D eigenvalue weighted by Gasteiger charge is -2.27. The standard InChI is InChI=1S/C11H19F2O3P/c1-3-15-17(14,16-4-2)10-7-5-6-9(8-10)11(12)13/h8,10-11H,3-7H2,1-2H3. The van der Waals surface area contributed by atoms with Crippen LogP contribution in [-0.2, 0) is 13.6 Å². The summed E-state index contributed by atoms with van der Waals surface area (Å²) in [6.45, 7) is 3.94. The first-order valence-corrected chi connectivity index (χ1v) is 7.52. The largest absolute Gasteiger partial charge is 0.337 e. The van der Waals surface area contributed by atoms with E-state index in [1.165, 1.54) is 6.08 Å². The molecule has 100 valence electrons. The summed E-state index contributed by atoms with van der Waals surface area (Å²) in [6.07, 6.45) is 0.458. The molecule has 0 aliphatic heterocycles. The van der Waals surface area contributed by atoms with Crippen LogP contribution in [0.5, 0.6) is 0 Å². The molecule has 6 heteroatoms. The van der Waals surface area contributed by atoms with Gasteiger partial charge in [0.25, 0.3) is 6.43 Å². The minimum Gasteiger partial charge on any atom is -0.308 e. The quantitative estimate of drug-likeness (QED) is 0.539. The Morgan fingerprint density at radius 2 is 2.00 bits per heavy atom. The number of rotatable bonds is 6. The number of hydrogen-bond acceptors (Lipinski definition) is 3. The second kappa shape index (κ2) is 6.62. The molecule has 1 aliphatic rings. The van der Waals surface area contributed by atoms with Gasteiger partial charge >= 0.3 is 7.60 Å². The van der Waals surface area contributed by atoms with Crippen LogP contribution >= 0.6 is 7.60 Å². The number of halogens is 2. The summed E-state index contributed by atoms with van der Waals surface area (Å²) in [5, 5.41) is 0. The number of alkyl halides is 2. The second-order valence-corrected chi connectivity index (χ2v) is 6.14. The zero-order valence-electron chi connectivity index (χ0n) is 10.2. The Labute approximate surface area is 101 Å². The van der Waals surface area contributed by atoms with Gasteiger partial charge in [0.1, 0.15) is 0 Å². The first-order chi connectivity index (χ1) is 8.03. The van der Waals surface area contributed by atoms with E-state index in [0.29, 0.717) is 19.3 Å². The third kappa shape index (κ3) is 3.87. The molecule has 0 bridgehead atoms. The fourth-order valence-electron chi connectivity index (χ4n) is 1.95. The number of hydrogen-bond donors (Lipinski definition) is 0. The molecule has 0 fully saturated rings. The fraction of sp³-hybridized carbons (Fsp3) is 0.818. The average molecular weight is 268 g/mol.